The lowest BCUT2D eigenvalue weighted by atomic mass is 10.2. The lowest BCUT2D eigenvalue weighted by molar-refractivity contribution is 0.190. The maximum atomic E-state index is 9.21. The molecule has 0 amide bonds. The van der Waals surface area contributed by atoms with Crippen molar-refractivity contribution >= 4 is 23.2 Å². The molecule has 1 rings (SSSR count). The highest BCUT2D eigenvalue weighted by Gasteiger charge is 2.12. The molecule has 1 atom stereocenters. The Kier molecular flexibility index (Phi) is 6.22. The van der Waals surface area contributed by atoms with Gasteiger partial charge in [0.05, 0.1) is 17.2 Å². The first-order valence-electron chi connectivity index (χ1n) is 5.93. The summed E-state index contributed by atoms with van der Waals surface area (Å²) in [5.74, 6) is 0.647. The number of hydrogen-bond donors (Lipinski definition) is 2. The van der Waals surface area contributed by atoms with E-state index in [1.165, 1.54) is 0 Å². The van der Waals surface area contributed by atoms with Crippen LogP contribution in [0.25, 0.3) is 0 Å². The fraction of sp³-hybridized carbons (Fsp3) is 0.538. The van der Waals surface area contributed by atoms with Crippen LogP contribution in [0.4, 0.5) is 0 Å². The normalized spacial score (nSPS) is 12.8. The summed E-state index contributed by atoms with van der Waals surface area (Å²) in [6.45, 7) is 6.66. The minimum atomic E-state index is -0.394. The lowest BCUT2D eigenvalue weighted by Crippen LogP contribution is -2.24. The summed E-state index contributed by atoms with van der Waals surface area (Å²) in [4.78, 5) is 0. The molecule has 1 aromatic rings. The summed E-state index contributed by atoms with van der Waals surface area (Å²) in [6, 6.07) is 3.49. The fourth-order valence-electron chi connectivity index (χ4n) is 1.53. The van der Waals surface area contributed by atoms with Crippen molar-refractivity contribution in [2.75, 3.05) is 6.54 Å². The van der Waals surface area contributed by atoms with Crippen LogP contribution in [0.15, 0.2) is 12.1 Å². The summed E-state index contributed by atoms with van der Waals surface area (Å²) in [6.07, 6.45) is -0.353. The van der Waals surface area contributed by atoms with Crippen LogP contribution >= 0.6 is 23.2 Å². The van der Waals surface area contributed by atoms with Gasteiger partial charge in [-0.15, -0.1) is 0 Å². The molecule has 5 heteroatoms. The Morgan fingerprint density at radius 1 is 1.28 bits per heavy atom. The summed E-state index contributed by atoms with van der Waals surface area (Å²) >= 11 is 12.1. The van der Waals surface area contributed by atoms with Gasteiger partial charge in [0.1, 0.15) is 5.75 Å². The number of benzene rings is 1. The van der Waals surface area contributed by atoms with E-state index in [1.54, 1.807) is 13.0 Å². The molecule has 0 bridgehead atoms. The van der Waals surface area contributed by atoms with Gasteiger partial charge < -0.3 is 15.2 Å². The van der Waals surface area contributed by atoms with Crippen molar-refractivity contribution in [3.05, 3.63) is 27.7 Å². The van der Waals surface area contributed by atoms with E-state index in [0.717, 1.165) is 5.56 Å². The van der Waals surface area contributed by atoms with Crippen LogP contribution in [-0.2, 0) is 6.54 Å². The molecule has 0 radical (unpaired) electrons. The minimum Gasteiger partial charge on any atom is -0.489 e. The van der Waals surface area contributed by atoms with Crippen LogP contribution < -0.4 is 10.1 Å². The molecule has 18 heavy (non-hydrogen) atoms. The second-order valence-corrected chi connectivity index (χ2v) is 5.37. The third-order valence-corrected chi connectivity index (χ3v) is 2.69. The third-order valence-electron chi connectivity index (χ3n) is 2.19. The largest absolute Gasteiger partial charge is 0.489 e. The standard InChI is InChI=1S/C13H19Cl2NO2/c1-8(2)18-13-10(7-16-6-9(3)17)4-11(14)5-12(13)15/h4-5,8-9,16-17H,6-7H2,1-3H3. The Bertz CT molecular complexity index is 395. The molecule has 1 unspecified atom stereocenters. The van der Waals surface area contributed by atoms with Crippen molar-refractivity contribution in [3.63, 3.8) is 0 Å². The Hall–Kier alpha value is -0.480. The Balaban J connectivity index is 2.85. The highest BCUT2D eigenvalue weighted by molar-refractivity contribution is 6.35. The van der Waals surface area contributed by atoms with Crippen LogP contribution in [0.5, 0.6) is 5.75 Å². The molecular formula is C13H19Cl2NO2. The van der Waals surface area contributed by atoms with Crippen molar-refractivity contribution in [2.24, 2.45) is 0 Å². The van der Waals surface area contributed by atoms with Crippen LogP contribution in [0.1, 0.15) is 26.3 Å². The molecule has 0 heterocycles. The monoisotopic (exact) mass is 291 g/mol. The third kappa shape index (κ3) is 5.02. The topological polar surface area (TPSA) is 41.5 Å². The maximum Gasteiger partial charge on any atom is 0.142 e. The van der Waals surface area contributed by atoms with E-state index in [2.05, 4.69) is 5.32 Å². The number of aliphatic hydroxyl groups is 1. The van der Waals surface area contributed by atoms with Gasteiger partial charge in [0, 0.05) is 23.7 Å². The van der Waals surface area contributed by atoms with Crippen LogP contribution in [0, 0.1) is 0 Å². The van der Waals surface area contributed by atoms with Crippen LogP contribution in [0.3, 0.4) is 0 Å². The average molecular weight is 292 g/mol. The van der Waals surface area contributed by atoms with Crippen molar-refractivity contribution in [1.82, 2.24) is 5.32 Å². The number of nitrogens with one attached hydrogen (secondary N) is 1. The van der Waals surface area contributed by atoms with E-state index >= 15 is 0 Å². The van der Waals surface area contributed by atoms with Gasteiger partial charge in [0.2, 0.25) is 0 Å². The van der Waals surface area contributed by atoms with Crippen LogP contribution in [-0.4, -0.2) is 23.9 Å². The van der Waals surface area contributed by atoms with E-state index < -0.39 is 6.10 Å². The predicted octanol–water partition coefficient (Wildman–Crippen LogP) is 3.25. The van der Waals surface area contributed by atoms with Gasteiger partial charge in [0.15, 0.2) is 0 Å². The molecule has 0 aliphatic carbocycles. The second kappa shape index (κ2) is 7.19. The summed E-state index contributed by atoms with van der Waals surface area (Å²) in [5.41, 5.74) is 0.891. The fourth-order valence-corrected chi connectivity index (χ4v) is 2.11. The predicted molar refractivity (Wildman–Crippen MR) is 75.6 cm³/mol. The molecule has 2 N–H and O–H groups in total. The highest BCUT2D eigenvalue weighted by atomic mass is 35.5. The molecule has 0 fully saturated rings. The molecule has 3 nitrogen and oxygen atoms in total. The van der Waals surface area contributed by atoms with Gasteiger partial charge in [0.25, 0.3) is 0 Å². The first-order chi connectivity index (χ1) is 8.40. The van der Waals surface area contributed by atoms with Gasteiger partial charge in [-0.05, 0) is 32.9 Å². The molecule has 0 aliphatic heterocycles. The van der Waals surface area contributed by atoms with Crippen molar-refractivity contribution in [3.8, 4) is 5.75 Å². The lowest BCUT2D eigenvalue weighted by Gasteiger charge is -2.17. The molecule has 0 aliphatic rings. The van der Waals surface area contributed by atoms with Gasteiger partial charge in [-0.25, -0.2) is 0 Å². The molecule has 0 saturated heterocycles. The maximum absolute atomic E-state index is 9.21. The number of rotatable bonds is 6. The molecule has 0 spiro atoms. The SMILES string of the molecule is CC(O)CNCc1cc(Cl)cc(Cl)c1OC(C)C. The summed E-state index contributed by atoms with van der Waals surface area (Å²) < 4.78 is 5.70. The first-order valence-corrected chi connectivity index (χ1v) is 6.69. The van der Waals surface area contributed by atoms with Gasteiger partial charge in [-0.2, -0.15) is 0 Å². The minimum absolute atomic E-state index is 0.0409. The number of halogens is 2. The smallest absolute Gasteiger partial charge is 0.142 e. The zero-order chi connectivity index (χ0) is 13.7. The Morgan fingerprint density at radius 3 is 2.50 bits per heavy atom. The molecule has 1 aromatic carbocycles. The second-order valence-electron chi connectivity index (χ2n) is 4.52. The molecular weight excluding hydrogens is 273 g/mol. The van der Waals surface area contributed by atoms with Crippen molar-refractivity contribution < 1.29 is 9.84 Å². The van der Waals surface area contributed by atoms with E-state index in [9.17, 15) is 5.11 Å². The molecule has 0 saturated carbocycles. The average Bonchev–Trinajstić information content (AvgIpc) is 2.22. The first kappa shape index (κ1) is 15.6. The number of aliphatic hydroxyl groups excluding tert-OH is 1. The van der Waals surface area contributed by atoms with E-state index in [-0.39, 0.29) is 6.10 Å². The zero-order valence-corrected chi connectivity index (χ0v) is 12.3. The van der Waals surface area contributed by atoms with Gasteiger partial charge >= 0.3 is 0 Å². The quantitative estimate of drug-likeness (QED) is 0.845. The van der Waals surface area contributed by atoms with Crippen molar-refractivity contribution in [1.29, 1.82) is 0 Å². The van der Waals surface area contributed by atoms with E-state index in [4.69, 9.17) is 27.9 Å². The summed E-state index contributed by atoms with van der Waals surface area (Å²) in [7, 11) is 0. The number of ether oxygens (including phenoxy) is 1. The van der Waals surface area contributed by atoms with E-state index in [1.807, 2.05) is 19.9 Å². The van der Waals surface area contributed by atoms with Gasteiger partial charge in [-0.1, -0.05) is 23.2 Å². The number of hydrogen-bond acceptors (Lipinski definition) is 3. The van der Waals surface area contributed by atoms with Crippen molar-refractivity contribution in [2.45, 2.75) is 39.5 Å². The highest BCUT2D eigenvalue weighted by Crippen LogP contribution is 2.33. The van der Waals surface area contributed by atoms with Crippen LogP contribution in [0.2, 0.25) is 10.0 Å². The Labute approximate surface area is 118 Å². The van der Waals surface area contributed by atoms with E-state index in [0.29, 0.717) is 28.9 Å². The molecule has 0 aromatic heterocycles. The van der Waals surface area contributed by atoms with Gasteiger partial charge in [-0.3, -0.25) is 0 Å². The Morgan fingerprint density at radius 2 is 1.94 bits per heavy atom. The molecule has 102 valence electrons. The zero-order valence-electron chi connectivity index (χ0n) is 10.8. The summed E-state index contributed by atoms with van der Waals surface area (Å²) in [5, 5.41) is 13.4.